The molecule has 9 heteroatoms. The highest BCUT2D eigenvalue weighted by atomic mass is 35.5. The van der Waals surface area contributed by atoms with Gasteiger partial charge in [-0.1, -0.05) is 23.7 Å². The zero-order chi connectivity index (χ0) is 21.1. The second kappa shape index (κ2) is 8.24. The maximum absolute atomic E-state index is 13.9. The summed E-state index contributed by atoms with van der Waals surface area (Å²) in [4.78, 5) is 25.1. The van der Waals surface area contributed by atoms with Crippen molar-refractivity contribution in [2.24, 2.45) is 7.05 Å². The minimum atomic E-state index is -0.679. The van der Waals surface area contributed by atoms with Crippen molar-refractivity contribution < 1.29 is 14.0 Å². The smallest absolute Gasteiger partial charge is 0.261 e. The van der Waals surface area contributed by atoms with Crippen molar-refractivity contribution in [2.75, 3.05) is 10.6 Å². The number of hydrogen-bond acceptors (Lipinski definition) is 4. The summed E-state index contributed by atoms with van der Waals surface area (Å²) in [6.45, 7) is 1.65. The Morgan fingerprint density at radius 1 is 1.07 bits per heavy atom. The maximum atomic E-state index is 13.9. The number of halogens is 2. The van der Waals surface area contributed by atoms with E-state index < -0.39 is 17.6 Å². The zero-order valence-corrected chi connectivity index (χ0v) is 16.3. The third kappa shape index (κ3) is 4.49. The zero-order valence-electron chi connectivity index (χ0n) is 15.6. The number of aromatic nitrogens is 2. The first-order chi connectivity index (χ1) is 13.8. The van der Waals surface area contributed by atoms with Gasteiger partial charge in [0.05, 0.1) is 11.9 Å². The highest BCUT2D eigenvalue weighted by Gasteiger charge is 2.20. The first kappa shape index (κ1) is 20.2. The van der Waals surface area contributed by atoms with E-state index in [2.05, 4.69) is 15.7 Å². The van der Waals surface area contributed by atoms with E-state index in [1.807, 2.05) is 0 Å². The lowest BCUT2D eigenvalue weighted by molar-refractivity contribution is 0.102. The molecule has 3 rings (SSSR count). The van der Waals surface area contributed by atoms with Crippen LogP contribution in [0.15, 0.2) is 48.7 Å². The molecule has 0 saturated carbocycles. The number of rotatable bonds is 5. The van der Waals surface area contributed by atoms with Gasteiger partial charge in [-0.15, -0.1) is 0 Å². The van der Waals surface area contributed by atoms with Gasteiger partial charge in [-0.2, -0.15) is 5.10 Å². The molecule has 2 amide bonds. The molecule has 1 heterocycles. The summed E-state index contributed by atoms with van der Waals surface area (Å²) < 4.78 is 15.3. The molecule has 7 nitrogen and oxygen atoms in total. The quantitative estimate of drug-likeness (QED) is 0.549. The van der Waals surface area contributed by atoms with Crippen LogP contribution in [0.25, 0.3) is 0 Å². The van der Waals surface area contributed by atoms with Crippen molar-refractivity contribution in [1.29, 1.82) is 5.41 Å². The third-order valence-electron chi connectivity index (χ3n) is 4.17. The fraction of sp³-hybridized carbons (Fsp3) is 0.100. The summed E-state index contributed by atoms with van der Waals surface area (Å²) in [5.41, 5.74) is 1.47. The van der Waals surface area contributed by atoms with Crippen LogP contribution in [-0.2, 0) is 7.05 Å². The van der Waals surface area contributed by atoms with Crippen LogP contribution in [0.2, 0.25) is 5.02 Å². The minimum Gasteiger partial charge on any atom is -0.319 e. The van der Waals surface area contributed by atoms with Crippen LogP contribution in [0.5, 0.6) is 0 Å². The number of nitrogens with one attached hydrogen (secondary N) is 3. The lowest BCUT2D eigenvalue weighted by atomic mass is 10.1. The highest BCUT2D eigenvalue weighted by molar-refractivity contribution is 6.30. The van der Waals surface area contributed by atoms with Crippen LogP contribution >= 0.6 is 11.6 Å². The van der Waals surface area contributed by atoms with Crippen molar-refractivity contribution in [3.63, 3.8) is 0 Å². The standard InChI is InChI=1S/C20H17ClFN5O2/c1-11(23)12-3-5-13(6-4-12)19(28)26-18-15(10-24-27(18)2)20(29)25-17-8-7-14(21)9-16(17)22/h3-10,23H,1-2H3,(H,25,29)(H,26,28). The molecule has 0 spiro atoms. The monoisotopic (exact) mass is 413 g/mol. The van der Waals surface area contributed by atoms with E-state index in [4.69, 9.17) is 17.0 Å². The predicted molar refractivity (Wildman–Crippen MR) is 109 cm³/mol. The summed E-state index contributed by atoms with van der Waals surface area (Å²) in [6.07, 6.45) is 1.28. The molecule has 2 aromatic carbocycles. The first-order valence-corrected chi connectivity index (χ1v) is 8.89. The minimum absolute atomic E-state index is 0.0434. The number of carbonyl (C=O) groups is 2. The fourth-order valence-corrected chi connectivity index (χ4v) is 2.74. The van der Waals surface area contributed by atoms with Gasteiger partial charge < -0.3 is 16.0 Å². The summed E-state index contributed by atoms with van der Waals surface area (Å²) in [5, 5.41) is 16.9. The molecule has 0 saturated heterocycles. The van der Waals surface area contributed by atoms with Crippen LogP contribution in [-0.4, -0.2) is 27.3 Å². The number of aryl methyl sites for hydroxylation is 1. The Bertz CT molecular complexity index is 1110. The molecule has 1 aromatic heterocycles. The molecule has 0 atom stereocenters. The van der Waals surface area contributed by atoms with Gasteiger partial charge >= 0.3 is 0 Å². The van der Waals surface area contributed by atoms with Crippen LogP contribution in [0.4, 0.5) is 15.9 Å². The molecule has 0 bridgehead atoms. The van der Waals surface area contributed by atoms with Gasteiger partial charge in [-0.3, -0.25) is 14.3 Å². The Hall–Kier alpha value is -3.52. The van der Waals surface area contributed by atoms with E-state index in [9.17, 15) is 14.0 Å². The molecule has 148 valence electrons. The van der Waals surface area contributed by atoms with Gasteiger partial charge in [0.15, 0.2) is 0 Å². The summed E-state index contributed by atoms with van der Waals surface area (Å²) in [7, 11) is 1.57. The van der Waals surface area contributed by atoms with Crippen molar-refractivity contribution >= 4 is 40.6 Å². The van der Waals surface area contributed by atoms with Gasteiger partial charge in [-0.05, 0) is 42.8 Å². The van der Waals surface area contributed by atoms with Crippen LogP contribution in [0.3, 0.4) is 0 Å². The van der Waals surface area contributed by atoms with Crippen molar-refractivity contribution in [3.05, 3.63) is 76.2 Å². The Kier molecular flexibility index (Phi) is 5.74. The molecule has 3 N–H and O–H groups in total. The van der Waals surface area contributed by atoms with E-state index in [-0.39, 0.29) is 22.1 Å². The van der Waals surface area contributed by atoms with Crippen LogP contribution < -0.4 is 10.6 Å². The Morgan fingerprint density at radius 3 is 2.34 bits per heavy atom. The van der Waals surface area contributed by atoms with Crippen LogP contribution in [0.1, 0.15) is 33.2 Å². The summed E-state index contributed by atoms with van der Waals surface area (Å²) in [6, 6.07) is 10.4. The molecule has 0 aliphatic heterocycles. The van der Waals surface area contributed by atoms with E-state index in [1.54, 1.807) is 38.2 Å². The molecule has 0 aliphatic carbocycles. The Labute approximate surface area is 171 Å². The molecule has 0 radical (unpaired) electrons. The Morgan fingerprint density at radius 2 is 1.72 bits per heavy atom. The number of hydrogen-bond donors (Lipinski definition) is 3. The van der Waals surface area contributed by atoms with E-state index >= 15 is 0 Å². The number of carbonyl (C=O) groups excluding carboxylic acids is 2. The summed E-state index contributed by atoms with van der Waals surface area (Å²) >= 11 is 5.72. The molecular formula is C20H17ClFN5O2. The largest absolute Gasteiger partial charge is 0.319 e. The molecular weight excluding hydrogens is 397 g/mol. The number of nitrogens with zero attached hydrogens (tertiary/aromatic N) is 2. The topological polar surface area (TPSA) is 99.9 Å². The summed E-state index contributed by atoms with van der Waals surface area (Å²) in [5.74, 6) is -1.60. The van der Waals surface area contributed by atoms with Crippen LogP contribution in [0, 0.1) is 11.2 Å². The average Bonchev–Trinajstić information content (AvgIpc) is 3.04. The van der Waals surface area contributed by atoms with Gasteiger partial charge in [0.25, 0.3) is 11.8 Å². The van der Waals surface area contributed by atoms with Gasteiger partial charge in [0, 0.05) is 23.3 Å². The fourth-order valence-electron chi connectivity index (χ4n) is 2.58. The highest BCUT2D eigenvalue weighted by Crippen LogP contribution is 2.22. The van der Waals surface area contributed by atoms with E-state index in [1.165, 1.54) is 23.0 Å². The first-order valence-electron chi connectivity index (χ1n) is 8.51. The molecule has 3 aromatic rings. The van der Waals surface area contributed by atoms with Crippen molar-refractivity contribution in [3.8, 4) is 0 Å². The third-order valence-corrected chi connectivity index (χ3v) is 4.41. The van der Waals surface area contributed by atoms with E-state index in [0.717, 1.165) is 6.07 Å². The molecule has 0 unspecified atom stereocenters. The second-order valence-corrected chi connectivity index (χ2v) is 6.70. The molecule has 0 aliphatic rings. The number of benzene rings is 2. The number of anilines is 2. The van der Waals surface area contributed by atoms with E-state index in [0.29, 0.717) is 16.8 Å². The lowest BCUT2D eigenvalue weighted by Crippen LogP contribution is -2.19. The predicted octanol–water partition coefficient (Wildman–Crippen LogP) is 4.10. The van der Waals surface area contributed by atoms with Crippen molar-refractivity contribution in [1.82, 2.24) is 9.78 Å². The average molecular weight is 414 g/mol. The normalized spacial score (nSPS) is 10.5. The van der Waals surface area contributed by atoms with Gasteiger partial charge in [-0.25, -0.2) is 4.39 Å². The van der Waals surface area contributed by atoms with Crippen molar-refractivity contribution in [2.45, 2.75) is 6.92 Å². The molecule has 29 heavy (non-hydrogen) atoms. The maximum Gasteiger partial charge on any atom is 0.261 e. The molecule has 0 fully saturated rings. The number of amides is 2. The SMILES string of the molecule is CC(=N)c1ccc(C(=O)Nc2c(C(=O)Nc3ccc(Cl)cc3F)cnn2C)cc1. The van der Waals surface area contributed by atoms with Gasteiger partial charge in [0.1, 0.15) is 17.2 Å². The second-order valence-electron chi connectivity index (χ2n) is 6.27. The Balaban J connectivity index is 1.80. The lowest BCUT2D eigenvalue weighted by Gasteiger charge is -2.10. The van der Waals surface area contributed by atoms with Gasteiger partial charge in [0.2, 0.25) is 0 Å².